The number of carbonyl (C=O) groups excluding carboxylic acids is 1. The maximum Gasteiger partial charge on any atom is 0.431 e. The normalized spacial score (nSPS) is 12.3. The Hall–Kier alpha value is -2.68. The van der Waals surface area contributed by atoms with E-state index in [0.29, 0.717) is 0 Å². The zero-order valence-electron chi connectivity index (χ0n) is 12.2. The maximum absolute atomic E-state index is 11.4. The van der Waals surface area contributed by atoms with Gasteiger partial charge in [-0.1, -0.05) is 0 Å². The van der Waals surface area contributed by atoms with Crippen LogP contribution < -0.4 is 5.48 Å². The molecule has 1 rings (SSSR count). The number of aliphatic carboxylic acids is 1. The summed E-state index contributed by atoms with van der Waals surface area (Å²) in [5.41, 5.74) is 1.06. The van der Waals surface area contributed by atoms with Crippen LogP contribution in [0.3, 0.4) is 0 Å². The van der Waals surface area contributed by atoms with Crippen LogP contribution in [0.2, 0.25) is 0 Å². The number of amides is 1. The second-order valence-corrected chi connectivity index (χ2v) is 5.29. The van der Waals surface area contributed by atoms with Crippen molar-refractivity contribution in [3.05, 3.63) is 39.9 Å². The third kappa shape index (κ3) is 5.37. The lowest BCUT2D eigenvalue weighted by atomic mass is 10.1. The standard InChI is InChI=1S/C13H16N2O7/c1-13(2,3)21-12(18)14-22-10(11(16)17)8-4-6-9(7-5-8)15(19)20/h4-7,10H,1-3H3,(H,14,18)(H,16,17). The fraction of sp³-hybridized carbons (Fsp3) is 0.385. The highest BCUT2D eigenvalue weighted by Crippen LogP contribution is 2.20. The number of carbonyl (C=O) groups is 2. The minimum Gasteiger partial charge on any atom is -0.479 e. The molecule has 0 fully saturated rings. The van der Waals surface area contributed by atoms with Gasteiger partial charge in [-0.15, -0.1) is 0 Å². The molecule has 1 aromatic rings. The summed E-state index contributed by atoms with van der Waals surface area (Å²) in [6.07, 6.45) is -2.46. The minimum absolute atomic E-state index is 0.133. The van der Waals surface area contributed by atoms with E-state index < -0.39 is 28.7 Å². The van der Waals surface area contributed by atoms with Gasteiger partial charge in [0.25, 0.3) is 5.69 Å². The van der Waals surface area contributed by atoms with Crippen molar-refractivity contribution in [1.29, 1.82) is 0 Å². The minimum atomic E-state index is -1.52. The highest BCUT2D eigenvalue weighted by molar-refractivity contribution is 5.75. The predicted octanol–water partition coefficient (Wildman–Crippen LogP) is 2.18. The molecule has 0 aliphatic heterocycles. The van der Waals surface area contributed by atoms with Crippen molar-refractivity contribution in [2.24, 2.45) is 0 Å². The van der Waals surface area contributed by atoms with Crippen LogP contribution in [0.15, 0.2) is 24.3 Å². The average Bonchev–Trinajstić information content (AvgIpc) is 2.37. The van der Waals surface area contributed by atoms with E-state index >= 15 is 0 Å². The summed E-state index contributed by atoms with van der Waals surface area (Å²) in [6.45, 7) is 4.91. The molecule has 2 N–H and O–H groups in total. The third-order valence-electron chi connectivity index (χ3n) is 2.29. The van der Waals surface area contributed by atoms with Crippen molar-refractivity contribution in [3.8, 4) is 0 Å². The summed E-state index contributed by atoms with van der Waals surface area (Å²) >= 11 is 0. The Morgan fingerprint density at radius 3 is 2.23 bits per heavy atom. The quantitative estimate of drug-likeness (QED) is 0.629. The summed E-state index contributed by atoms with van der Waals surface area (Å²) in [4.78, 5) is 37.3. The number of nitro benzene ring substituents is 1. The molecule has 0 aliphatic carbocycles. The number of ether oxygens (including phenoxy) is 1. The molecule has 1 atom stereocenters. The van der Waals surface area contributed by atoms with Gasteiger partial charge in [-0.05, 0) is 38.5 Å². The summed E-state index contributed by atoms with van der Waals surface area (Å²) in [6, 6.07) is 4.74. The lowest BCUT2D eigenvalue weighted by Gasteiger charge is -2.20. The lowest BCUT2D eigenvalue weighted by molar-refractivity contribution is -0.384. The molecule has 0 saturated carbocycles. The van der Waals surface area contributed by atoms with E-state index in [1.807, 2.05) is 5.48 Å². The summed E-state index contributed by atoms with van der Waals surface area (Å²) in [7, 11) is 0. The fourth-order valence-corrected chi connectivity index (χ4v) is 1.44. The summed E-state index contributed by atoms with van der Waals surface area (Å²) in [5, 5.41) is 19.6. The van der Waals surface area contributed by atoms with Crippen LogP contribution >= 0.6 is 0 Å². The molecule has 0 spiro atoms. The Bertz CT molecular complexity index is 563. The van der Waals surface area contributed by atoms with Gasteiger partial charge in [-0.3, -0.25) is 15.0 Å². The average molecular weight is 312 g/mol. The molecule has 0 heterocycles. The number of carboxylic acid groups (broad SMARTS) is 1. The van der Waals surface area contributed by atoms with E-state index in [4.69, 9.17) is 14.7 Å². The van der Waals surface area contributed by atoms with Crippen molar-refractivity contribution in [3.63, 3.8) is 0 Å². The summed E-state index contributed by atoms with van der Waals surface area (Å²) in [5.74, 6) is -1.37. The van der Waals surface area contributed by atoms with Gasteiger partial charge in [0.2, 0.25) is 6.10 Å². The number of benzene rings is 1. The molecule has 0 aromatic heterocycles. The zero-order valence-corrected chi connectivity index (χ0v) is 12.2. The van der Waals surface area contributed by atoms with Crippen LogP contribution in [0.5, 0.6) is 0 Å². The number of hydrogen-bond acceptors (Lipinski definition) is 6. The first-order valence-corrected chi connectivity index (χ1v) is 6.22. The van der Waals surface area contributed by atoms with E-state index in [2.05, 4.69) is 0 Å². The topological polar surface area (TPSA) is 128 Å². The van der Waals surface area contributed by atoms with E-state index in [1.165, 1.54) is 12.1 Å². The van der Waals surface area contributed by atoms with Gasteiger partial charge in [-0.2, -0.15) is 5.48 Å². The number of nitrogens with zero attached hydrogens (tertiary/aromatic N) is 1. The van der Waals surface area contributed by atoms with Crippen molar-refractivity contribution in [1.82, 2.24) is 5.48 Å². The van der Waals surface area contributed by atoms with Gasteiger partial charge in [0.1, 0.15) is 5.60 Å². The third-order valence-corrected chi connectivity index (χ3v) is 2.29. The zero-order chi connectivity index (χ0) is 16.9. The molecule has 0 radical (unpaired) electrons. The number of nitrogens with one attached hydrogen (secondary N) is 1. The second kappa shape index (κ2) is 6.85. The van der Waals surface area contributed by atoms with Crippen LogP contribution in [0.4, 0.5) is 10.5 Å². The molecule has 120 valence electrons. The summed E-state index contributed by atoms with van der Waals surface area (Å²) < 4.78 is 4.90. The van der Waals surface area contributed by atoms with Gasteiger partial charge < -0.3 is 9.84 Å². The first kappa shape index (κ1) is 17.4. The Morgan fingerprint density at radius 2 is 1.82 bits per heavy atom. The fourth-order valence-electron chi connectivity index (χ4n) is 1.44. The molecule has 0 aliphatic rings. The van der Waals surface area contributed by atoms with Crippen LogP contribution in [-0.2, 0) is 14.4 Å². The Morgan fingerprint density at radius 1 is 1.27 bits per heavy atom. The monoisotopic (exact) mass is 312 g/mol. The molecule has 9 heteroatoms. The smallest absolute Gasteiger partial charge is 0.431 e. The van der Waals surface area contributed by atoms with Gasteiger partial charge in [-0.25, -0.2) is 9.59 Å². The molecular weight excluding hydrogens is 296 g/mol. The number of nitro groups is 1. The largest absolute Gasteiger partial charge is 0.479 e. The Labute approximate surface area is 125 Å². The highest BCUT2D eigenvalue weighted by atomic mass is 16.7. The second-order valence-electron chi connectivity index (χ2n) is 5.29. The van der Waals surface area contributed by atoms with E-state index in [-0.39, 0.29) is 11.3 Å². The molecule has 0 bridgehead atoms. The van der Waals surface area contributed by atoms with Crippen molar-refractivity contribution >= 4 is 17.7 Å². The number of hydrogen-bond donors (Lipinski definition) is 2. The molecule has 1 aromatic carbocycles. The maximum atomic E-state index is 11.4. The Balaban J connectivity index is 2.76. The molecule has 1 amide bonds. The van der Waals surface area contributed by atoms with Crippen molar-refractivity contribution < 1.29 is 29.2 Å². The molecular formula is C13H16N2O7. The van der Waals surface area contributed by atoms with Crippen molar-refractivity contribution in [2.45, 2.75) is 32.5 Å². The van der Waals surface area contributed by atoms with Crippen LogP contribution in [0.25, 0.3) is 0 Å². The number of carboxylic acids is 1. The van der Waals surface area contributed by atoms with Gasteiger partial charge in [0, 0.05) is 12.1 Å². The number of rotatable bonds is 5. The van der Waals surface area contributed by atoms with Crippen LogP contribution in [0, 0.1) is 10.1 Å². The van der Waals surface area contributed by atoms with Gasteiger partial charge in [0.05, 0.1) is 4.92 Å². The lowest BCUT2D eigenvalue weighted by Crippen LogP contribution is -2.34. The molecule has 0 saturated heterocycles. The molecule has 22 heavy (non-hydrogen) atoms. The highest BCUT2D eigenvalue weighted by Gasteiger charge is 2.24. The SMILES string of the molecule is CC(C)(C)OC(=O)NOC(C(=O)O)c1ccc([N+](=O)[O-])cc1. The van der Waals surface area contributed by atoms with E-state index in [9.17, 15) is 19.7 Å². The molecule has 1 unspecified atom stereocenters. The molecule has 9 nitrogen and oxygen atoms in total. The van der Waals surface area contributed by atoms with Crippen LogP contribution in [0.1, 0.15) is 32.4 Å². The van der Waals surface area contributed by atoms with E-state index in [0.717, 1.165) is 12.1 Å². The van der Waals surface area contributed by atoms with E-state index in [1.54, 1.807) is 20.8 Å². The predicted molar refractivity (Wildman–Crippen MR) is 73.9 cm³/mol. The van der Waals surface area contributed by atoms with Gasteiger partial charge in [0.15, 0.2) is 0 Å². The number of non-ortho nitro benzene ring substituents is 1. The van der Waals surface area contributed by atoms with Gasteiger partial charge >= 0.3 is 12.1 Å². The van der Waals surface area contributed by atoms with Crippen LogP contribution in [-0.4, -0.2) is 27.7 Å². The first-order chi connectivity index (χ1) is 10.1. The van der Waals surface area contributed by atoms with Crippen molar-refractivity contribution in [2.75, 3.05) is 0 Å². The number of hydroxylamine groups is 1. The Kier molecular flexibility index (Phi) is 5.41. The first-order valence-electron chi connectivity index (χ1n) is 6.22.